The van der Waals surface area contributed by atoms with Gasteiger partial charge in [0.1, 0.15) is 12.4 Å². The molecule has 1 fully saturated rings. The summed E-state index contributed by atoms with van der Waals surface area (Å²) in [5.41, 5.74) is 1.86. The minimum atomic E-state index is -0.561. The van der Waals surface area contributed by atoms with Gasteiger partial charge in [-0.25, -0.2) is 0 Å². The summed E-state index contributed by atoms with van der Waals surface area (Å²) in [6.45, 7) is 8.38. The zero-order valence-electron chi connectivity index (χ0n) is 16.4. The number of hydrogen-bond donors (Lipinski definition) is 1. The van der Waals surface area contributed by atoms with Gasteiger partial charge in [-0.15, -0.1) is 0 Å². The van der Waals surface area contributed by atoms with Crippen molar-refractivity contribution in [3.63, 3.8) is 0 Å². The Labute approximate surface area is 161 Å². The van der Waals surface area contributed by atoms with E-state index in [4.69, 9.17) is 14.0 Å². The Kier molecular flexibility index (Phi) is 5.75. The minimum Gasteiger partial charge on any atom is -0.489 e. The quantitative estimate of drug-likeness (QED) is 0.776. The van der Waals surface area contributed by atoms with Crippen LogP contribution < -0.4 is 4.74 Å². The second-order valence-corrected chi connectivity index (χ2v) is 7.81. The maximum atomic E-state index is 9.85. The van der Waals surface area contributed by atoms with Crippen molar-refractivity contribution in [2.24, 2.45) is 0 Å². The van der Waals surface area contributed by atoms with Gasteiger partial charge in [0.05, 0.1) is 17.8 Å². The number of rotatable bonds is 6. The molecule has 1 N–H and O–H groups in total. The van der Waals surface area contributed by atoms with E-state index in [1.165, 1.54) is 0 Å². The van der Waals surface area contributed by atoms with E-state index in [1.807, 2.05) is 88.4 Å². The Morgan fingerprint density at radius 3 is 2.30 bits per heavy atom. The van der Waals surface area contributed by atoms with Crippen LogP contribution in [0.15, 0.2) is 60.1 Å². The highest BCUT2D eigenvalue weighted by atomic mass is 16.7. The number of hydrogen-bond acceptors (Lipinski definition) is 4. The van der Waals surface area contributed by atoms with Crippen molar-refractivity contribution in [1.82, 2.24) is 0 Å². The highest BCUT2D eigenvalue weighted by molar-refractivity contribution is 6.55. The first-order valence-electron chi connectivity index (χ1n) is 9.24. The molecular formula is C22H27BO4. The molecule has 0 aliphatic carbocycles. The Morgan fingerprint density at radius 1 is 1.00 bits per heavy atom. The summed E-state index contributed by atoms with van der Waals surface area (Å²) in [5.74, 6) is 0.777. The third-order valence-corrected chi connectivity index (χ3v) is 5.20. The molecule has 142 valence electrons. The first-order valence-corrected chi connectivity index (χ1v) is 9.24. The van der Waals surface area contributed by atoms with E-state index < -0.39 is 18.3 Å². The molecule has 0 unspecified atom stereocenters. The average molecular weight is 366 g/mol. The van der Waals surface area contributed by atoms with Crippen molar-refractivity contribution >= 4 is 13.2 Å². The molecule has 0 atom stereocenters. The van der Waals surface area contributed by atoms with Crippen molar-refractivity contribution in [3.8, 4) is 5.75 Å². The molecule has 27 heavy (non-hydrogen) atoms. The van der Waals surface area contributed by atoms with Gasteiger partial charge in [-0.05, 0) is 56.4 Å². The van der Waals surface area contributed by atoms with Crippen LogP contribution in [0.1, 0.15) is 38.8 Å². The third-order valence-electron chi connectivity index (χ3n) is 5.20. The lowest BCUT2D eigenvalue weighted by atomic mass is 9.77. The van der Waals surface area contributed by atoms with E-state index >= 15 is 0 Å². The van der Waals surface area contributed by atoms with Crippen molar-refractivity contribution in [2.45, 2.75) is 45.5 Å². The van der Waals surface area contributed by atoms with Gasteiger partial charge in [0.15, 0.2) is 0 Å². The van der Waals surface area contributed by atoms with Crippen LogP contribution in [0.3, 0.4) is 0 Å². The number of benzene rings is 2. The maximum absolute atomic E-state index is 9.85. The van der Waals surface area contributed by atoms with Crippen LogP contribution in [-0.2, 0) is 15.9 Å². The molecule has 1 aliphatic rings. The maximum Gasteiger partial charge on any atom is 0.492 e. The Hall–Kier alpha value is -2.08. The molecule has 0 bridgehead atoms. The van der Waals surface area contributed by atoms with Crippen LogP contribution in [0.2, 0.25) is 0 Å². The molecule has 1 saturated heterocycles. The average Bonchev–Trinajstić information content (AvgIpc) is 2.86. The summed E-state index contributed by atoms with van der Waals surface area (Å²) in [6, 6.07) is 17.8. The SMILES string of the molecule is CC1(C)OB(C(=Cc2cccc(OCc3ccccc3)c2)CO)OC1(C)C. The van der Waals surface area contributed by atoms with E-state index in [9.17, 15) is 5.11 Å². The summed E-state index contributed by atoms with van der Waals surface area (Å²) in [4.78, 5) is 0. The molecule has 0 spiro atoms. The van der Waals surface area contributed by atoms with E-state index in [-0.39, 0.29) is 6.61 Å². The van der Waals surface area contributed by atoms with Gasteiger partial charge in [-0.1, -0.05) is 48.5 Å². The molecule has 2 aromatic rings. The zero-order chi connectivity index (χ0) is 19.5. The van der Waals surface area contributed by atoms with E-state index in [2.05, 4.69) is 0 Å². The van der Waals surface area contributed by atoms with Crippen LogP contribution in [0, 0.1) is 0 Å². The Morgan fingerprint density at radius 2 is 1.67 bits per heavy atom. The van der Waals surface area contributed by atoms with E-state index in [0.717, 1.165) is 16.9 Å². The normalized spacial score (nSPS) is 18.6. The predicted octanol–water partition coefficient (Wildman–Crippen LogP) is 4.27. The highest BCUT2D eigenvalue weighted by Gasteiger charge is 2.52. The Bertz CT molecular complexity index is 783. The molecule has 0 aromatic heterocycles. The van der Waals surface area contributed by atoms with Gasteiger partial charge >= 0.3 is 7.12 Å². The van der Waals surface area contributed by atoms with E-state index in [1.54, 1.807) is 0 Å². The summed E-state index contributed by atoms with van der Waals surface area (Å²) >= 11 is 0. The number of ether oxygens (including phenoxy) is 1. The van der Waals surface area contributed by atoms with Crippen LogP contribution in [0.4, 0.5) is 0 Å². The standard InChI is InChI=1S/C22H27BO4/c1-21(2)22(3,4)27-23(26-21)19(15-24)13-18-11-8-12-20(14-18)25-16-17-9-6-5-7-10-17/h5-14,24H,15-16H2,1-4H3. The highest BCUT2D eigenvalue weighted by Crippen LogP contribution is 2.38. The van der Waals surface area contributed by atoms with Crippen LogP contribution in [-0.4, -0.2) is 30.0 Å². The lowest BCUT2D eigenvalue weighted by molar-refractivity contribution is 0.00578. The largest absolute Gasteiger partial charge is 0.492 e. The van der Waals surface area contributed by atoms with Crippen molar-refractivity contribution in [1.29, 1.82) is 0 Å². The first kappa shape index (κ1) is 19.7. The molecule has 0 saturated carbocycles. The van der Waals surface area contributed by atoms with Crippen molar-refractivity contribution < 1.29 is 19.2 Å². The fourth-order valence-electron chi connectivity index (χ4n) is 2.83. The molecule has 1 heterocycles. The van der Waals surface area contributed by atoms with Gasteiger partial charge in [-0.2, -0.15) is 0 Å². The van der Waals surface area contributed by atoms with Crippen LogP contribution >= 0.6 is 0 Å². The summed E-state index contributed by atoms with van der Waals surface area (Å²) in [6.07, 6.45) is 1.90. The molecule has 0 amide bonds. The number of aliphatic hydroxyl groups excluding tert-OH is 1. The molecule has 4 nitrogen and oxygen atoms in total. The zero-order valence-corrected chi connectivity index (χ0v) is 16.4. The molecular weight excluding hydrogens is 339 g/mol. The topological polar surface area (TPSA) is 47.9 Å². The van der Waals surface area contributed by atoms with Crippen molar-refractivity contribution in [3.05, 3.63) is 71.2 Å². The van der Waals surface area contributed by atoms with Gasteiger partial charge < -0.3 is 19.2 Å². The predicted molar refractivity (Wildman–Crippen MR) is 108 cm³/mol. The molecule has 1 aliphatic heterocycles. The lowest BCUT2D eigenvalue weighted by Gasteiger charge is -2.32. The van der Waals surface area contributed by atoms with Gasteiger partial charge in [0.25, 0.3) is 0 Å². The molecule has 2 aromatic carbocycles. The minimum absolute atomic E-state index is 0.133. The van der Waals surface area contributed by atoms with E-state index in [0.29, 0.717) is 12.1 Å². The van der Waals surface area contributed by atoms with Crippen molar-refractivity contribution in [2.75, 3.05) is 6.61 Å². The third kappa shape index (κ3) is 4.61. The Balaban J connectivity index is 1.73. The van der Waals surface area contributed by atoms with Crippen LogP contribution in [0.25, 0.3) is 6.08 Å². The fourth-order valence-corrected chi connectivity index (χ4v) is 2.83. The lowest BCUT2D eigenvalue weighted by Crippen LogP contribution is -2.41. The van der Waals surface area contributed by atoms with Crippen LogP contribution in [0.5, 0.6) is 5.75 Å². The van der Waals surface area contributed by atoms with Gasteiger partial charge in [0, 0.05) is 0 Å². The second kappa shape index (κ2) is 7.89. The number of aliphatic hydroxyl groups is 1. The molecule has 0 radical (unpaired) electrons. The first-order chi connectivity index (χ1) is 12.8. The summed E-state index contributed by atoms with van der Waals surface area (Å²) in [5, 5.41) is 9.85. The monoisotopic (exact) mass is 366 g/mol. The molecule has 3 rings (SSSR count). The van der Waals surface area contributed by atoms with Gasteiger partial charge in [0.2, 0.25) is 0 Å². The smallest absolute Gasteiger partial charge is 0.489 e. The molecule has 5 heteroatoms. The summed E-state index contributed by atoms with van der Waals surface area (Å²) < 4.78 is 18.0. The summed E-state index contributed by atoms with van der Waals surface area (Å²) in [7, 11) is -0.561. The van der Waals surface area contributed by atoms with Gasteiger partial charge in [-0.3, -0.25) is 0 Å². The second-order valence-electron chi connectivity index (χ2n) is 7.81. The fraction of sp³-hybridized carbons (Fsp3) is 0.364.